The monoisotopic (exact) mass is 153 g/mol. The average Bonchev–Trinajstić information content (AvgIpc) is 2.04. The zero-order chi connectivity index (χ0) is 7.68. The Labute approximate surface area is 66.8 Å². The van der Waals surface area contributed by atoms with Crippen LogP contribution in [-0.4, -0.2) is 36.5 Å². The Morgan fingerprint density at radius 2 is 2.09 bits per heavy atom. The lowest BCUT2D eigenvalue weighted by Gasteiger charge is -2.39. The van der Waals surface area contributed by atoms with Gasteiger partial charge in [-0.2, -0.15) is 0 Å². The van der Waals surface area contributed by atoms with Crippen LogP contribution in [0.25, 0.3) is 0 Å². The maximum Gasteiger partial charge on any atom is 0.224 e. The van der Waals surface area contributed by atoms with E-state index in [4.69, 9.17) is 0 Å². The van der Waals surface area contributed by atoms with Crippen LogP contribution in [0.3, 0.4) is 0 Å². The molecule has 1 radical (unpaired) electrons. The van der Waals surface area contributed by atoms with Gasteiger partial charge in [0.1, 0.15) is 0 Å². The molecule has 0 N–H and O–H groups in total. The van der Waals surface area contributed by atoms with Gasteiger partial charge in [0.2, 0.25) is 5.91 Å². The number of nitrogens with zero attached hydrogens (tertiary/aromatic N) is 2. The third kappa shape index (κ3) is 1.25. The molecule has 2 aliphatic rings. The highest BCUT2D eigenvalue weighted by atomic mass is 16.2. The van der Waals surface area contributed by atoms with Crippen molar-refractivity contribution in [3.8, 4) is 0 Å². The van der Waals surface area contributed by atoms with E-state index in [-0.39, 0.29) is 0 Å². The number of amides is 1. The molecule has 3 heteroatoms. The van der Waals surface area contributed by atoms with E-state index < -0.39 is 0 Å². The first-order chi connectivity index (χ1) is 5.38. The first kappa shape index (κ1) is 7.10. The number of hydrogen-bond acceptors (Lipinski definition) is 1. The number of likely N-dealkylation sites (tertiary alicyclic amines) is 1. The Bertz CT molecular complexity index is 163. The summed E-state index contributed by atoms with van der Waals surface area (Å²) < 4.78 is 0. The lowest BCUT2D eigenvalue weighted by Crippen LogP contribution is -2.52. The second kappa shape index (κ2) is 2.81. The number of rotatable bonds is 1. The fourth-order valence-corrected chi connectivity index (χ4v) is 1.77. The number of piperidine rings is 1. The number of carbonyl (C=O) groups is 1. The topological polar surface area (TPSA) is 34.4 Å². The van der Waals surface area contributed by atoms with E-state index in [2.05, 4.69) is 5.32 Å². The summed E-state index contributed by atoms with van der Waals surface area (Å²) in [7, 11) is 0. The van der Waals surface area contributed by atoms with Crippen molar-refractivity contribution in [2.24, 2.45) is 0 Å². The molecule has 61 valence electrons. The summed E-state index contributed by atoms with van der Waals surface area (Å²) in [4.78, 5) is 13.0. The van der Waals surface area contributed by atoms with Gasteiger partial charge in [-0.1, -0.05) is 0 Å². The van der Waals surface area contributed by atoms with Gasteiger partial charge >= 0.3 is 0 Å². The van der Waals surface area contributed by atoms with Crippen LogP contribution >= 0.6 is 0 Å². The molecule has 0 aromatic heterocycles. The lowest BCUT2D eigenvalue weighted by molar-refractivity contribution is -0.143. The van der Waals surface area contributed by atoms with Crippen LogP contribution in [-0.2, 0) is 4.79 Å². The largest absolute Gasteiger partial charge is 0.339 e. The van der Waals surface area contributed by atoms with Gasteiger partial charge in [0.05, 0.1) is 0 Å². The first-order valence-corrected chi connectivity index (χ1v) is 4.30. The molecule has 2 fully saturated rings. The summed E-state index contributed by atoms with van der Waals surface area (Å²) in [5.41, 5.74) is 0. The van der Waals surface area contributed by atoms with Gasteiger partial charge in [0.25, 0.3) is 0 Å². The normalized spacial score (nSPS) is 26.9. The Kier molecular flexibility index (Phi) is 1.82. The molecule has 2 rings (SSSR count). The van der Waals surface area contributed by atoms with E-state index in [1.165, 1.54) is 0 Å². The van der Waals surface area contributed by atoms with Gasteiger partial charge in [0.15, 0.2) is 0 Å². The van der Waals surface area contributed by atoms with Crippen molar-refractivity contribution < 1.29 is 4.79 Å². The third-order valence-corrected chi connectivity index (χ3v) is 2.57. The quantitative estimate of drug-likeness (QED) is 0.488. The van der Waals surface area contributed by atoms with Crippen LogP contribution in [0.4, 0.5) is 0 Å². The van der Waals surface area contributed by atoms with Crippen molar-refractivity contribution in [2.45, 2.75) is 25.3 Å². The molecule has 2 aliphatic heterocycles. The molecule has 0 aromatic carbocycles. The van der Waals surface area contributed by atoms with Crippen LogP contribution in [0.2, 0.25) is 0 Å². The van der Waals surface area contributed by atoms with Crippen molar-refractivity contribution >= 4 is 5.91 Å². The summed E-state index contributed by atoms with van der Waals surface area (Å²) in [6.07, 6.45) is 2.95. The summed E-state index contributed by atoms with van der Waals surface area (Å²) >= 11 is 0. The standard InChI is InChI=1S/C8H13N2O/c11-8-3-6-10(8)7-1-4-9-5-2-7/h7H,1-6H2. The van der Waals surface area contributed by atoms with Crippen molar-refractivity contribution in [1.29, 1.82) is 0 Å². The van der Waals surface area contributed by atoms with E-state index in [9.17, 15) is 4.79 Å². The molecule has 11 heavy (non-hydrogen) atoms. The van der Waals surface area contributed by atoms with Crippen molar-refractivity contribution in [1.82, 2.24) is 10.2 Å². The summed E-state index contributed by atoms with van der Waals surface area (Å²) in [5, 5.41) is 4.26. The highest BCUT2D eigenvalue weighted by Gasteiger charge is 2.31. The summed E-state index contributed by atoms with van der Waals surface area (Å²) in [6.45, 7) is 2.90. The van der Waals surface area contributed by atoms with Crippen molar-refractivity contribution in [3.05, 3.63) is 0 Å². The fraction of sp³-hybridized carbons (Fsp3) is 0.875. The molecule has 0 aliphatic carbocycles. The Balaban J connectivity index is 1.88. The van der Waals surface area contributed by atoms with Crippen molar-refractivity contribution in [2.75, 3.05) is 19.6 Å². The summed E-state index contributed by atoms with van der Waals surface area (Å²) in [5.74, 6) is 0.344. The van der Waals surface area contributed by atoms with E-state index in [1.54, 1.807) is 0 Å². The minimum atomic E-state index is 0.344. The smallest absolute Gasteiger partial charge is 0.224 e. The molecule has 2 saturated heterocycles. The van der Waals surface area contributed by atoms with Gasteiger partial charge < -0.3 is 4.90 Å². The molecule has 2 heterocycles. The minimum absolute atomic E-state index is 0.344. The highest BCUT2D eigenvalue weighted by molar-refractivity contribution is 5.82. The number of β-lactam (4-membered cyclic amide) rings is 1. The van der Waals surface area contributed by atoms with E-state index in [0.717, 1.165) is 38.9 Å². The minimum Gasteiger partial charge on any atom is -0.339 e. The van der Waals surface area contributed by atoms with Crippen molar-refractivity contribution in [3.63, 3.8) is 0 Å². The molecule has 0 saturated carbocycles. The molecule has 3 nitrogen and oxygen atoms in total. The van der Waals surface area contributed by atoms with E-state index in [1.807, 2.05) is 4.90 Å². The summed E-state index contributed by atoms with van der Waals surface area (Å²) in [6, 6.07) is 0.522. The highest BCUT2D eigenvalue weighted by Crippen LogP contribution is 2.19. The number of carbonyl (C=O) groups excluding carboxylic acids is 1. The van der Waals surface area contributed by atoms with Crippen LogP contribution in [0.1, 0.15) is 19.3 Å². The molecule has 0 aromatic rings. The SMILES string of the molecule is O=C1CCN1C1CC[N]CC1. The molecular formula is C8H13N2O. The van der Waals surface area contributed by atoms with E-state index >= 15 is 0 Å². The van der Waals surface area contributed by atoms with Gasteiger partial charge in [-0.3, -0.25) is 4.79 Å². The molecule has 0 unspecified atom stereocenters. The van der Waals surface area contributed by atoms with Crippen LogP contribution < -0.4 is 5.32 Å². The molecule has 1 amide bonds. The molecular weight excluding hydrogens is 140 g/mol. The van der Waals surface area contributed by atoms with Gasteiger partial charge in [-0.15, -0.1) is 0 Å². The predicted molar refractivity (Wildman–Crippen MR) is 41.2 cm³/mol. The molecule has 0 atom stereocenters. The molecule has 0 spiro atoms. The van der Waals surface area contributed by atoms with Crippen LogP contribution in [0, 0.1) is 0 Å². The predicted octanol–water partition coefficient (Wildman–Crippen LogP) is -0.0145. The van der Waals surface area contributed by atoms with Crippen LogP contribution in [0.5, 0.6) is 0 Å². The second-order valence-corrected chi connectivity index (χ2v) is 3.24. The average molecular weight is 153 g/mol. The third-order valence-electron chi connectivity index (χ3n) is 2.57. The van der Waals surface area contributed by atoms with Gasteiger partial charge in [-0.25, -0.2) is 5.32 Å². The Morgan fingerprint density at radius 1 is 1.36 bits per heavy atom. The first-order valence-electron chi connectivity index (χ1n) is 4.30. The van der Waals surface area contributed by atoms with Crippen LogP contribution in [0.15, 0.2) is 0 Å². The Hall–Kier alpha value is -0.570. The Morgan fingerprint density at radius 3 is 2.55 bits per heavy atom. The molecule has 0 bridgehead atoms. The lowest BCUT2D eigenvalue weighted by atomic mass is 10.0. The van der Waals surface area contributed by atoms with Gasteiger partial charge in [0, 0.05) is 32.1 Å². The van der Waals surface area contributed by atoms with Gasteiger partial charge in [-0.05, 0) is 12.8 Å². The number of hydrogen-bond donors (Lipinski definition) is 0. The zero-order valence-electron chi connectivity index (χ0n) is 6.62. The second-order valence-electron chi connectivity index (χ2n) is 3.24. The fourth-order valence-electron chi connectivity index (χ4n) is 1.77. The van der Waals surface area contributed by atoms with E-state index in [0.29, 0.717) is 11.9 Å². The zero-order valence-corrected chi connectivity index (χ0v) is 6.62. The maximum absolute atomic E-state index is 11.0. The maximum atomic E-state index is 11.0.